The van der Waals surface area contributed by atoms with Crippen molar-refractivity contribution in [3.05, 3.63) is 89.1 Å². The molecule has 3 atom stereocenters. The van der Waals surface area contributed by atoms with Crippen molar-refractivity contribution in [2.45, 2.75) is 37.0 Å². The number of aryl methyl sites for hydroxylation is 1. The Labute approximate surface area is 212 Å². The molecule has 1 aliphatic rings. The van der Waals surface area contributed by atoms with E-state index in [1.54, 1.807) is 6.07 Å². The van der Waals surface area contributed by atoms with Gasteiger partial charge in [0.05, 0.1) is 0 Å². The Morgan fingerprint density at radius 1 is 1.03 bits per heavy atom. The molecular formula is C25H22Cl2FOY-. The van der Waals surface area contributed by atoms with E-state index < -0.39 is 0 Å². The fourth-order valence-corrected chi connectivity index (χ4v) is 5.17. The molecular weight excluding hydrogens is 495 g/mol. The molecule has 1 saturated carbocycles. The molecule has 4 rings (SSSR count). The van der Waals surface area contributed by atoms with Gasteiger partial charge < -0.3 is 6.92 Å². The van der Waals surface area contributed by atoms with Gasteiger partial charge in [-0.3, -0.25) is 4.79 Å². The summed E-state index contributed by atoms with van der Waals surface area (Å²) in [6, 6.07) is 17.1. The third kappa shape index (κ3) is 4.68. The zero-order chi connectivity index (χ0) is 20.5. The number of halogens is 3. The number of benzene rings is 3. The maximum absolute atomic E-state index is 14.3. The first-order valence-electron chi connectivity index (χ1n) is 9.90. The van der Waals surface area contributed by atoms with E-state index in [9.17, 15) is 9.18 Å². The molecule has 1 fully saturated rings. The Hall–Kier alpha value is -0.796. The molecule has 0 saturated heterocycles. The smallest absolute Gasteiger partial charge is 0.142 e. The van der Waals surface area contributed by atoms with Crippen LogP contribution >= 0.6 is 23.2 Å². The van der Waals surface area contributed by atoms with Crippen molar-refractivity contribution in [1.82, 2.24) is 0 Å². The zero-order valence-electron chi connectivity index (χ0n) is 16.6. The summed E-state index contributed by atoms with van der Waals surface area (Å²) in [5, 5.41) is 2.65. The summed E-state index contributed by atoms with van der Waals surface area (Å²) >= 11 is 12.9. The standard InChI is InChI=1S/C25H22Cl2FO.Y/c1-2-15-7-8-17(13-23(15)28)25-20(22(27)14-24(25)29)11-9-16-10-12-21(26)19-6-4-3-5-18(16)19;/h3-8,10,12-13,20,22,25H,1-2,9,11,14H2;/q-1;/t20-,22?,25+;/m0./s1. The molecule has 5 heteroatoms. The van der Waals surface area contributed by atoms with E-state index in [1.807, 2.05) is 36.4 Å². The van der Waals surface area contributed by atoms with Crippen molar-refractivity contribution in [3.8, 4) is 0 Å². The van der Waals surface area contributed by atoms with Crippen LogP contribution in [0, 0.1) is 18.7 Å². The second-order valence-electron chi connectivity index (χ2n) is 7.72. The fourth-order valence-electron chi connectivity index (χ4n) is 4.52. The summed E-state index contributed by atoms with van der Waals surface area (Å²) in [7, 11) is 0. The van der Waals surface area contributed by atoms with Crippen LogP contribution in [0.5, 0.6) is 0 Å². The Kier molecular flexibility index (Phi) is 8.12. The van der Waals surface area contributed by atoms with Gasteiger partial charge in [-0.25, -0.2) is 4.39 Å². The molecule has 0 heterocycles. The third-order valence-electron chi connectivity index (χ3n) is 6.05. The molecule has 1 radical (unpaired) electrons. The van der Waals surface area contributed by atoms with Crippen molar-refractivity contribution < 1.29 is 41.9 Å². The molecule has 3 aromatic carbocycles. The van der Waals surface area contributed by atoms with Gasteiger partial charge in [-0.2, -0.15) is 6.42 Å². The first-order chi connectivity index (χ1) is 14.0. The van der Waals surface area contributed by atoms with E-state index in [1.165, 1.54) is 11.6 Å². The van der Waals surface area contributed by atoms with Crippen molar-refractivity contribution in [1.29, 1.82) is 0 Å². The number of carbonyl (C=O) groups excluding carboxylic acids is 1. The first kappa shape index (κ1) is 23.9. The third-order valence-corrected chi connectivity index (χ3v) is 6.86. The van der Waals surface area contributed by atoms with Crippen LogP contribution in [0.4, 0.5) is 4.39 Å². The Balaban J connectivity index is 0.00000256. The minimum absolute atomic E-state index is 0. The predicted octanol–water partition coefficient (Wildman–Crippen LogP) is 6.92. The summed E-state index contributed by atoms with van der Waals surface area (Å²) < 4.78 is 14.3. The first-order valence-corrected chi connectivity index (χ1v) is 10.7. The van der Waals surface area contributed by atoms with Gasteiger partial charge in [0.25, 0.3) is 0 Å². The van der Waals surface area contributed by atoms with Gasteiger partial charge >= 0.3 is 0 Å². The minimum Gasteiger partial charge on any atom is -0.339 e. The molecule has 0 N–H and O–H groups in total. The number of ketones is 1. The molecule has 1 unspecified atom stereocenters. The van der Waals surface area contributed by atoms with E-state index in [2.05, 4.69) is 13.0 Å². The molecule has 0 aliphatic heterocycles. The predicted molar refractivity (Wildman–Crippen MR) is 118 cm³/mol. The second kappa shape index (κ2) is 10.2. The number of carbonyl (C=O) groups is 1. The van der Waals surface area contributed by atoms with Crippen LogP contribution in [0.1, 0.15) is 35.4 Å². The summed E-state index contributed by atoms with van der Waals surface area (Å²) in [6.07, 6.45) is 2.26. The molecule has 1 aliphatic carbocycles. The van der Waals surface area contributed by atoms with Crippen LogP contribution in [0.3, 0.4) is 0 Å². The Morgan fingerprint density at radius 3 is 2.43 bits per heavy atom. The van der Waals surface area contributed by atoms with Crippen molar-refractivity contribution in [3.63, 3.8) is 0 Å². The molecule has 0 aromatic heterocycles. The molecule has 153 valence electrons. The average molecular weight is 517 g/mol. The monoisotopic (exact) mass is 516 g/mol. The quantitative estimate of drug-likeness (QED) is 0.265. The SMILES string of the molecule is [CH2-]Cc1ccc([C@H]2C(=O)CC(Cl)[C@@H]2CCc2ccc(Cl)c3ccccc23)cc1F.[Y]. The van der Waals surface area contributed by atoms with Gasteiger partial charge in [-0.15, -0.1) is 11.6 Å². The van der Waals surface area contributed by atoms with Crippen LogP contribution in [0.2, 0.25) is 5.02 Å². The van der Waals surface area contributed by atoms with E-state index in [-0.39, 0.29) is 61.5 Å². The van der Waals surface area contributed by atoms with E-state index in [0.29, 0.717) is 18.4 Å². The van der Waals surface area contributed by atoms with Crippen molar-refractivity contribution >= 4 is 39.8 Å². The van der Waals surface area contributed by atoms with Gasteiger partial charge in [0, 0.05) is 60.8 Å². The Bertz CT molecular complexity index is 1070. The van der Waals surface area contributed by atoms with Crippen LogP contribution < -0.4 is 0 Å². The largest absolute Gasteiger partial charge is 0.339 e. The maximum Gasteiger partial charge on any atom is 0.142 e. The zero-order valence-corrected chi connectivity index (χ0v) is 20.9. The topological polar surface area (TPSA) is 17.1 Å². The minimum atomic E-state index is -0.357. The van der Waals surface area contributed by atoms with Crippen LogP contribution in [0.25, 0.3) is 10.8 Å². The van der Waals surface area contributed by atoms with Gasteiger partial charge in [-0.1, -0.05) is 54.1 Å². The van der Waals surface area contributed by atoms with Gasteiger partial charge in [0.2, 0.25) is 0 Å². The Morgan fingerprint density at radius 2 is 1.73 bits per heavy atom. The summed E-state index contributed by atoms with van der Waals surface area (Å²) in [5.74, 6) is -0.587. The molecule has 3 aromatic rings. The fraction of sp³-hybridized carbons (Fsp3) is 0.280. The number of hydrogen-bond donors (Lipinski definition) is 0. The molecule has 0 spiro atoms. The van der Waals surface area contributed by atoms with Gasteiger partial charge in [0.15, 0.2) is 0 Å². The van der Waals surface area contributed by atoms with Crippen LogP contribution in [0.15, 0.2) is 54.6 Å². The molecule has 1 nitrogen and oxygen atoms in total. The van der Waals surface area contributed by atoms with Crippen molar-refractivity contribution in [2.75, 3.05) is 0 Å². The normalized spacial score (nSPS) is 21.1. The number of rotatable bonds is 5. The number of Topliss-reactive ketones (excluding diaryl/α,β-unsaturated/α-hetero) is 1. The molecule has 0 amide bonds. The van der Waals surface area contributed by atoms with E-state index in [0.717, 1.165) is 34.2 Å². The molecule has 0 bridgehead atoms. The van der Waals surface area contributed by atoms with Crippen molar-refractivity contribution in [2.24, 2.45) is 5.92 Å². The number of hydrogen-bond acceptors (Lipinski definition) is 1. The molecule has 30 heavy (non-hydrogen) atoms. The summed E-state index contributed by atoms with van der Waals surface area (Å²) in [5.41, 5.74) is 2.47. The number of fused-ring (bicyclic) bond motifs is 1. The maximum atomic E-state index is 14.3. The number of alkyl halides is 1. The summed E-state index contributed by atoms with van der Waals surface area (Å²) in [6.45, 7) is 3.74. The average Bonchev–Trinajstić information content (AvgIpc) is 3.00. The van der Waals surface area contributed by atoms with Crippen LogP contribution in [-0.4, -0.2) is 11.2 Å². The van der Waals surface area contributed by atoms with Gasteiger partial charge in [-0.05, 0) is 53.0 Å². The second-order valence-corrected chi connectivity index (χ2v) is 8.69. The van der Waals surface area contributed by atoms with E-state index >= 15 is 0 Å². The van der Waals surface area contributed by atoms with Crippen LogP contribution in [-0.2, 0) is 50.3 Å². The summed E-state index contributed by atoms with van der Waals surface area (Å²) in [4.78, 5) is 12.7. The van der Waals surface area contributed by atoms with Gasteiger partial charge in [0.1, 0.15) is 11.6 Å². The van der Waals surface area contributed by atoms with E-state index in [4.69, 9.17) is 23.2 Å².